The maximum Gasteiger partial charge on any atom is 0.252 e. The Labute approximate surface area is 117 Å². The topological polar surface area (TPSA) is 62.2 Å². The van der Waals surface area contributed by atoms with Gasteiger partial charge >= 0.3 is 0 Å². The Balaban J connectivity index is 2.05. The van der Waals surface area contributed by atoms with E-state index in [-0.39, 0.29) is 12.5 Å². The molecule has 4 heteroatoms. The van der Waals surface area contributed by atoms with Gasteiger partial charge in [-0.2, -0.15) is 0 Å². The number of carbonyl (C=O) groups excluding carboxylic acids is 1. The van der Waals surface area contributed by atoms with Crippen molar-refractivity contribution in [2.75, 3.05) is 13.2 Å². The molecule has 0 bridgehead atoms. The van der Waals surface area contributed by atoms with E-state index in [0.29, 0.717) is 13.0 Å². The molecule has 2 N–H and O–H groups in total. The van der Waals surface area contributed by atoms with Crippen LogP contribution in [-0.4, -0.2) is 29.1 Å². The fourth-order valence-corrected chi connectivity index (χ4v) is 2.84. The highest BCUT2D eigenvalue weighted by Gasteiger charge is 2.23. The molecule has 3 rings (SSSR count). The summed E-state index contributed by atoms with van der Waals surface area (Å²) in [5, 5.41) is 12.6. The lowest BCUT2D eigenvalue weighted by molar-refractivity contribution is 0.0952. The molecule has 0 atom stereocenters. The summed E-state index contributed by atoms with van der Waals surface area (Å²) in [7, 11) is 0. The maximum atomic E-state index is 12.5. The molecule has 0 fully saturated rings. The third-order valence-corrected chi connectivity index (χ3v) is 3.77. The third-order valence-electron chi connectivity index (χ3n) is 3.77. The molecular formula is C16H18N2O2. The summed E-state index contributed by atoms with van der Waals surface area (Å²) >= 11 is 0. The van der Waals surface area contributed by atoms with Crippen LogP contribution >= 0.6 is 0 Å². The van der Waals surface area contributed by atoms with Crippen molar-refractivity contribution in [2.45, 2.75) is 25.7 Å². The average molecular weight is 270 g/mol. The van der Waals surface area contributed by atoms with Crippen molar-refractivity contribution in [3.63, 3.8) is 0 Å². The fourth-order valence-electron chi connectivity index (χ4n) is 2.84. The lowest BCUT2D eigenvalue weighted by atomic mass is 10.0. The number of para-hydroxylation sites is 1. The van der Waals surface area contributed by atoms with Gasteiger partial charge in [0.05, 0.1) is 11.1 Å². The summed E-state index contributed by atoms with van der Waals surface area (Å²) < 4.78 is 0. The zero-order chi connectivity index (χ0) is 13.9. The summed E-state index contributed by atoms with van der Waals surface area (Å²) in [6, 6.07) is 7.81. The van der Waals surface area contributed by atoms with Crippen molar-refractivity contribution in [3.8, 4) is 0 Å². The van der Waals surface area contributed by atoms with Gasteiger partial charge in [-0.1, -0.05) is 18.2 Å². The molecule has 1 amide bonds. The monoisotopic (exact) mass is 270 g/mol. The molecule has 4 nitrogen and oxygen atoms in total. The van der Waals surface area contributed by atoms with Crippen molar-refractivity contribution in [1.82, 2.24) is 10.3 Å². The minimum Gasteiger partial charge on any atom is -0.396 e. The second-order valence-corrected chi connectivity index (χ2v) is 5.12. The Morgan fingerprint density at radius 2 is 2.15 bits per heavy atom. The van der Waals surface area contributed by atoms with Gasteiger partial charge in [-0.05, 0) is 37.3 Å². The smallest absolute Gasteiger partial charge is 0.252 e. The van der Waals surface area contributed by atoms with Gasteiger partial charge in [0.25, 0.3) is 5.91 Å². The van der Waals surface area contributed by atoms with Crippen LogP contribution in [0, 0.1) is 0 Å². The number of aryl methyl sites for hydroxylation is 1. The van der Waals surface area contributed by atoms with E-state index in [1.807, 2.05) is 24.3 Å². The van der Waals surface area contributed by atoms with E-state index in [0.717, 1.165) is 47.0 Å². The number of amides is 1. The predicted molar refractivity (Wildman–Crippen MR) is 77.8 cm³/mol. The first-order valence-corrected chi connectivity index (χ1v) is 7.11. The van der Waals surface area contributed by atoms with E-state index in [1.54, 1.807) is 0 Å². The molecule has 2 aromatic rings. The molecule has 0 radical (unpaired) electrons. The van der Waals surface area contributed by atoms with Gasteiger partial charge in [-0.25, -0.2) is 0 Å². The molecule has 0 spiro atoms. The van der Waals surface area contributed by atoms with Gasteiger partial charge < -0.3 is 10.4 Å². The number of fused-ring (bicyclic) bond motifs is 2. The number of benzene rings is 1. The van der Waals surface area contributed by atoms with E-state index in [9.17, 15) is 4.79 Å². The Morgan fingerprint density at radius 3 is 3.00 bits per heavy atom. The number of nitrogens with one attached hydrogen (secondary N) is 1. The van der Waals surface area contributed by atoms with Crippen molar-refractivity contribution < 1.29 is 9.90 Å². The minimum atomic E-state index is -0.0461. The first-order valence-electron chi connectivity index (χ1n) is 7.11. The van der Waals surface area contributed by atoms with Crippen molar-refractivity contribution in [3.05, 3.63) is 41.1 Å². The molecule has 20 heavy (non-hydrogen) atoms. The molecule has 1 heterocycles. The molecule has 0 aliphatic heterocycles. The zero-order valence-corrected chi connectivity index (χ0v) is 11.4. The van der Waals surface area contributed by atoms with Gasteiger partial charge in [0, 0.05) is 24.2 Å². The maximum absolute atomic E-state index is 12.5. The summed E-state index contributed by atoms with van der Waals surface area (Å²) in [5.41, 5.74) is 3.84. The first kappa shape index (κ1) is 13.1. The van der Waals surface area contributed by atoms with Crippen LogP contribution < -0.4 is 5.32 Å². The zero-order valence-electron chi connectivity index (χ0n) is 11.4. The van der Waals surface area contributed by atoms with E-state index in [2.05, 4.69) is 10.3 Å². The van der Waals surface area contributed by atoms with Crippen LogP contribution in [0.2, 0.25) is 0 Å². The quantitative estimate of drug-likeness (QED) is 0.833. The highest BCUT2D eigenvalue weighted by atomic mass is 16.3. The Hall–Kier alpha value is -1.94. The number of pyridine rings is 1. The second-order valence-electron chi connectivity index (χ2n) is 5.12. The Kier molecular flexibility index (Phi) is 3.65. The Bertz CT molecular complexity index is 652. The van der Waals surface area contributed by atoms with Crippen LogP contribution in [0.1, 0.15) is 34.5 Å². The number of carbonyl (C=O) groups is 1. The first-order chi connectivity index (χ1) is 9.81. The van der Waals surface area contributed by atoms with E-state index in [4.69, 9.17) is 5.11 Å². The number of aliphatic hydroxyl groups is 1. The normalized spacial score (nSPS) is 13.4. The lowest BCUT2D eigenvalue weighted by Crippen LogP contribution is -2.26. The lowest BCUT2D eigenvalue weighted by Gasteiger charge is -2.12. The SMILES string of the molecule is O=C(NCCCO)c1c2c(nc3ccccc13)CCC2. The van der Waals surface area contributed by atoms with Crippen molar-refractivity contribution in [2.24, 2.45) is 0 Å². The molecule has 1 aromatic carbocycles. The van der Waals surface area contributed by atoms with Crippen LogP contribution in [0.15, 0.2) is 24.3 Å². The Morgan fingerprint density at radius 1 is 1.30 bits per heavy atom. The number of hydrogen-bond donors (Lipinski definition) is 2. The van der Waals surface area contributed by atoms with Crippen LogP contribution in [-0.2, 0) is 12.8 Å². The van der Waals surface area contributed by atoms with Crippen LogP contribution in [0.4, 0.5) is 0 Å². The second kappa shape index (κ2) is 5.59. The van der Waals surface area contributed by atoms with E-state index in [1.165, 1.54) is 0 Å². The van der Waals surface area contributed by atoms with Gasteiger partial charge in [0.1, 0.15) is 0 Å². The van der Waals surface area contributed by atoms with Crippen LogP contribution in [0.25, 0.3) is 10.9 Å². The molecular weight excluding hydrogens is 252 g/mol. The molecule has 1 aliphatic rings. The minimum absolute atomic E-state index is 0.0461. The highest BCUT2D eigenvalue weighted by molar-refractivity contribution is 6.07. The van der Waals surface area contributed by atoms with E-state index >= 15 is 0 Å². The number of rotatable bonds is 4. The van der Waals surface area contributed by atoms with Gasteiger partial charge in [-0.3, -0.25) is 9.78 Å². The third kappa shape index (κ3) is 2.27. The number of nitrogens with zero attached hydrogens (tertiary/aromatic N) is 1. The fraction of sp³-hybridized carbons (Fsp3) is 0.375. The van der Waals surface area contributed by atoms with E-state index < -0.39 is 0 Å². The molecule has 0 saturated heterocycles. The van der Waals surface area contributed by atoms with Crippen LogP contribution in [0.5, 0.6) is 0 Å². The largest absolute Gasteiger partial charge is 0.396 e. The molecule has 1 aliphatic carbocycles. The molecule has 1 aromatic heterocycles. The summed E-state index contributed by atoms with van der Waals surface area (Å²) in [4.78, 5) is 17.1. The summed E-state index contributed by atoms with van der Waals surface area (Å²) in [6.07, 6.45) is 3.53. The summed E-state index contributed by atoms with van der Waals surface area (Å²) in [5.74, 6) is -0.0461. The average Bonchev–Trinajstić information content (AvgIpc) is 2.92. The standard InChI is InChI=1S/C16H18N2O2/c19-10-4-9-17-16(20)15-11-5-1-2-7-13(11)18-14-8-3-6-12(14)15/h1-2,5,7,19H,3-4,6,8-10H2,(H,17,20). The van der Waals surface area contributed by atoms with Gasteiger partial charge in [0.15, 0.2) is 0 Å². The van der Waals surface area contributed by atoms with Crippen molar-refractivity contribution in [1.29, 1.82) is 0 Å². The molecule has 0 saturated carbocycles. The molecule has 104 valence electrons. The predicted octanol–water partition coefficient (Wildman–Crippen LogP) is 1.84. The molecule has 0 unspecified atom stereocenters. The van der Waals surface area contributed by atoms with Crippen LogP contribution in [0.3, 0.4) is 0 Å². The number of aromatic nitrogens is 1. The number of aliphatic hydroxyl groups excluding tert-OH is 1. The highest BCUT2D eigenvalue weighted by Crippen LogP contribution is 2.29. The van der Waals surface area contributed by atoms with Gasteiger partial charge in [0.2, 0.25) is 0 Å². The van der Waals surface area contributed by atoms with Gasteiger partial charge in [-0.15, -0.1) is 0 Å². The van der Waals surface area contributed by atoms with Crippen molar-refractivity contribution >= 4 is 16.8 Å². The summed E-state index contributed by atoms with van der Waals surface area (Å²) in [6.45, 7) is 0.593. The number of hydrogen-bond acceptors (Lipinski definition) is 3.